The molecule has 0 aliphatic rings. The number of rotatable bonds is 5. The summed E-state index contributed by atoms with van der Waals surface area (Å²) in [6.45, 7) is 6.14. The molecule has 3 rings (SSSR count). The summed E-state index contributed by atoms with van der Waals surface area (Å²) in [5.74, 6) is -0.518. The van der Waals surface area contributed by atoms with Gasteiger partial charge in [0.2, 0.25) is 0 Å². The predicted molar refractivity (Wildman–Crippen MR) is 97.4 cm³/mol. The average Bonchev–Trinajstić information content (AvgIpc) is 3.10. The van der Waals surface area contributed by atoms with Gasteiger partial charge in [0.25, 0.3) is 5.91 Å². The molecule has 7 nitrogen and oxygen atoms in total. The van der Waals surface area contributed by atoms with Crippen molar-refractivity contribution < 1.29 is 14.3 Å². The largest absolute Gasteiger partial charge is 0.462 e. The Morgan fingerprint density at radius 3 is 2.58 bits per heavy atom. The van der Waals surface area contributed by atoms with E-state index in [1.165, 1.54) is 0 Å². The highest BCUT2D eigenvalue weighted by atomic mass is 16.5. The minimum absolute atomic E-state index is 0.191. The van der Waals surface area contributed by atoms with Gasteiger partial charge in [-0.15, -0.1) is 0 Å². The lowest BCUT2D eigenvalue weighted by Crippen LogP contribution is -2.16. The van der Waals surface area contributed by atoms with Crippen LogP contribution in [0.1, 0.15) is 53.2 Å². The number of nitrogens with zero attached hydrogens (tertiary/aromatic N) is 3. The van der Waals surface area contributed by atoms with Gasteiger partial charge >= 0.3 is 5.97 Å². The lowest BCUT2D eigenvalue weighted by molar-refractivity contribution is 0.0526. The Bertz CT molecular complexity index is 945. The predicted octanol–water partition coefficient (Wildman–Crippen LogP) is 3.28. The van der Waals surface area contributed by atoms with Crippen LogP contribution in [0.25, 0.3) is 5.65 Å². The Kier molecular flexibility index (Phi) is 4.97. The molecule has 1 aromatic carbocycles. The number of amides is 1. The Hall–Kier alpha value is -3.22. The molecule has 2 aromatic heterocycles. The highest BCUT2D eigenvalue weighted by Crippen LogP contribution is 2.18. The maximum Gasteiger partial charge on any atom is 0.338 e. The molecule has 0 aliphatic carbocycles. The van der Waals surface area contributed by atoms with E-state index in [2.05, 4.69) is 15.4 Å². The van der Waals surface area contributed by atoms with Crippen molar-refractivity contribution in [2.75, 3.05) is 11.9 Å². The highest BCUT2D eigenvalue weighted by molar-refractivity contribution is 6.03. The molecule has 0 atom stereocenters. The molecule has 26 heavy (non-hydrogen) atoms. The third-order valence-corrected chi connectivity index (χ3v) is 3.86. The van der Waals surface area contributed by atoms with Crippen molar-refractivity contribution in [1.82, 2.24) is 14.6 Å². The lowest BCUT2D eigenvalue weighted by atomic mass is 10.1. The minimum Gasteiger partial charge on any atom is -0.462 e. The van der Waals surface area contributed by atoms with Gasteiger partial charge in [-0.05, 0) is 43.2 Å². The monoisotopic (exact) mass is 352 g/mol. The summed E-state index contributed by atoms with van der Waals surface area (Å²) < 4.78 is 6.67. The van der Waals surface area contributed by atoms with Gasteiger partial charge in [0.1, 0.15) is 5.69 Å². The molecular weight excluding hydrogens is 332 g/mol. The van der Waals surface area contributed by atoms with Gasteiger partial charge in [0, 0.05) is 17.4 Å². The SMILES string of the molecule is CCOC(=O)c1ccc(NC(=O)c2cc(C(C)C)n3nccc3n2)cc1. The van der Waals surface area contributed by atoms with E-state index in [9.17, 15) is 9.59 Å². The van der Waals surface area contributed by atoms with Crippen LogP contribution in [0.3, 0.4) is 0 Å². The summed E-state index contributed by atoms with van der Waals surface area (Å²) >= 11 is 0. The summed E-state index contributed by atoms with van der Waals surface area (Å²) in [6.07, 6.45) is 1.66. The van der Waals surface area contributed by atoms with Crippen molar-refractivity contribution in [3.8, 4) is 0 Å². The maximum absolute atomic E-state index is 12.6. The number of aromatic nitrogens is 3. The highest BCUT2D eigenvalue weighted by Gasteiger charge is 2.15. The third kappa shape index (κ3) is 3.56. The molecule has 0 radical (unpaired) electrons. The number of hydrogen-bond acceptors (Lipinski definition) is 5. The Balaban J connectivity index is 1.82. The summed E-state index contributed by atoms with van der Waals surface area (Å²) in [5, 5.41) is 7.04. The fourth-order valence-corrected chi connectivity index (χ4v) is 2.56. The van der Waals surface area contributed by atoms with Crippen LogP contribution in [0.5, 0.6) is 0 Å². The number of fused-ring (bicyclic) bond motifs is 1. The summed E-state index contributed by atoms with van der Waals surface area (Å²) in [5.41, 5.74) is 2.85. The number of carbonyl (C=O) groups excluding carboxylic acids is 2. The zero-order chi connectivity index (χ0) is 18.7. The Morgan fingerprint density at radius 2 is 1.92 bits per heavy atom. The van der Waals surface area contributed by atoms with Gasteiger partial charge in [-0.25, -0.2) is 14.3 Å². The zero-order valence-corrected chi connectivity index (χ0v) is 14.9. The molecule has 2 heterocycles. The quantitative estimate of drug-likeness (QED) is 0.712. The average molecular weight is 352 g/mol. The van der Waals surface area contributed by atoms with E-state index in [-0.39, 0.29) is 17.8 Å². The number of anilines is 1. The van der Waals surface area contributed by atoms with E-state index in [0.717, 1.165) is 5.69 Å². The zero-order valence-electron chi connectivity index (χ0n) is 14.9. The van der Waals surface area contributed by atoms with Crippen LogP contribution in [0.4, 0.5) is 5.69 Å². The van der Waals surface area contributed by atoms with Crippen molar-refractivity contribution in [2.45, 2.75) is 26.7 Å². The molecule has 0 fully saturated rings. The van der Waals surface area contributed by atoms with Gasteiger partial charge in [0.05, 0.1) is 18.4 Å². The topological polar surface area (TPSA) is 85.6 Å². The molecule has 7 heteroatoms. The van der Waals surface area contributed by atoms with E-state index in [0.29, 0.717) is 29.2 Å². The molecule has 3 aromatic rings. The standard InChI is InChI=1S/C19H20N4O3/c1-4-26-19(25)13-5-7-14(8-6-13)21-18(24)15-11-16(12(2)3)23-17(22-15)9-10-20-23/h5-12H,4H2,1-3H3,(H,21,24). The van der Waals surface area contributed by atoms with E-state index in [1.54, 1.807) is 54.0 Å². The van der Waals surface area contributed by atoms with Crippen molar-refractivity contribution in [2.24, 2.45) is 0 Å². The molecule has 0 aliphatic heterocycles. The first-order chi connectivity index (χ1) is 12.5. The van der Waals surface area contributed by atoms with Crippen LogP contribution in [-0.4, -0.2) is 33.1 Å². The van der Waals surface area contributed by atoms with Crippen LogP contribution in [0.2, 0.25) is 0 Å². The Labute approximate surface area is 151 Å². The van der Waals surface area contributed by atoms with E-state index in [4.69, 9.17) is 4.74 Å². The summed E-state index contributed by atoms with van der Waals surface area (Å²) in [6, 6.07) is 10.0. The number of ether oxygens (including phenoxy) is 1. The second kappa shape index (κ2) is 7.35. The second-order valence-electron chi connectivity index (χ2n) is 6.07. The normalized spacial score (nSPS) is 10.9. The van der Waals surface area contributed by atoms with Crippen molar-refractivity contribution in [1.29, 1.82) is 0 Å². The summed E-state index contributed by atoms with van der Waals surface area (Å²) in [4.78, 5) is 28.6. The minimum atomic E-state index is -0.389. The first-order valence-electron chi connectivity index (χ1n) is 8.42. The van der Waals surface area contributed by atoms with Crippen LogP contribution < -0.4 is 5.32 Å². The molecule has 0 saturated carbocycles. The first-order valence-corrected chi connectivity index (χ1v) is 8.42. The van der Waals surface area contributed by atoms with E-state index >= 15 is 0 Å². The fourth-order valence-electron chi connectivity index (χ4n) is 2.56. The first kappa shape index (κ1) is 17.6. The molecule has 134 valence electrons. The van der Waals surface area contributed by atoms with Crippen LogP contribution in [-0.2, 0) is 4.74 Å². The fraction of sp³-hybridized carbons (Fsp3) is 0.263. The van der Waals surface area contributed by atoms with Gasteiger partial charge in [0.15, 0.2) is 5.65 Å². The van der Waals surface area contributed by atoms with Crippen LogP contribution in [0.15, 0.2) is 42.6 Å². The second-order valence-corrected chi connectivity index (χ2v) is 6.07. The third-order valence-electron chi connectivity index (χ3n) is 3.86. The summed E-state index contributed by atoms with van der Waals surface area (Å²) in [7, 11) is 0. The van der Waals surface area contributed by atoms with Crippen LogP contribution in [0, 0.1) is 0 Å². The van der Waals surface area contributed by atoms with Crippen LogP contribution >= 0.6 is 0 Å². The lowest BCUT2D eigenvalue weighted by Gasteiger charge is -2.11. The Morgan fingerprint density at radius 1 is 1.19 bits per heavy atom. The number of benzene rings is 1. The molecule has 0 unspecified atom stereocenters. The molecule has 0 spiro atoms. The molecule has 0 saturated heterocycles. The number of hydrogen-bond donors (Lipinski definition) is 1. The van der Waals surface area contributed by atoms with E-state index < -0.39 is 0 Å². The van der Waals surface area contributed by atoms with Gasteiger partial charge in [-0.2, -0.15) is 5.10 Å². The number of esters is 1. The molecule has 1 N–H and O–H groups in total. The molecule has 0 bridgehead atoms. The number of carbonyl (C=O) groups is 2. The van der Waals surface area contributed by atoms with Gasteiger partial charge in [-0.3, -0.25) is 4.79 Å². The smallest absolute Gasteiger partial charge is 0.338 e. The maximum atomic E-state index is 12.6. The van der Waals surface area contributed by atoms with Crippen molar-refractivity contribution in [3.63, 3.8) is 0 Å². The van der Waals surface area contributed by atoms with Crippen molar-refractivity contribution >= 4 is 23.2 Å². The number of nitrogens with one attached hydrogen (secondary N) is 1. The van der Waals surface area contributed by atoms with Gasteiger partial charge in [-0.1, -0.05) is 13.8 Å². The van der Waals surface area contributed by atoms with Gasteiger partial charge < -0.3 is 10.1 Å². The molecular formula is C19H20N4O3. The van der Waals surface area contributed by atoms with Crippen molar-refractivity contribution in [3.05, 3.63) is 59.5 Å². The van der Waals surface area contributed by atoms with E-state index in [1.807, 2.05) is 13.8 Å². The molecule has 1 amide bonds.